The number of aromatic nitrogens is 1. The van der Waals surface area contributed by atoms with Crippen LogP contribution < -0.4 is 5.32 Å². The third-order valence-electron chi connectivity index (χ3n) is 1.24. The third kappa shape index (κ3) is 1.73. The van der Waals surface area contributed by atoms with Crippen molar-refractivity contribution < 1.29 is 9.90 Å². The average molecular weight is 153 g/mol. The highest BCUT2D eigenvalue weighted by atomic mass is 16.3. The first-order valence-corrected chi connectivity index (χ1v) is 3.37. The van der Waals surface area contributed by atoms with Crippen LogP contribution in [-0.4, -0.2) is 17.4 Å². The molecule has 1 radical (unpaired) electrons. The van der Waals surface area contributed by atoms with Crippen LogP contribution >= 0.6 is 0 Å². The maximum absolute atomic E-state index is 11.0. The summed E-state index contributed by atoms with van der Waals surface area (Å²) in [6.45, 7) is 2.38. The summed E-state index contributed by atoms with van der Waals surface area (Å²) in [4.78, 5) is 13.5. The van der Waals surface area contributed by atoms with Crippen LogP contribution in [0.25, 0.3) is 0 Å². The van der Waals surface area contributed by atoms with Gasteiger partial charge in [-0.1, -0.05) is 0 Å². The summed E-state index contributed by atoms with van der Waals surface area (Å²) in [5, 5.41) is 13.2. The number of rotatable bonds is 2. The third-order valence-corrected chi connectivity index (χ3v) is 1.24. The predicted molar refractivity (Wildman–Crippen MR) is 38.9 cm³/mol. The normalized spacial score (nSPS) is 9.55. The second kappa shape index (κ2) is 3.09. The van der Waals surface area contributed by atoms with E-state index in [2.05, 4.69) is 10.3 Å². The van der Waals surface area contributed by atoms with Gasteiger partial charge in [0.1, 0.15) is 5.69 Å². The molecule has 0 atom stereocenters. The van der Waals surface area contributed by atoms with Crippen LogP contribution in [0.3, 0.4) is 0 Å². The minimum Gasteiger partial charge on any atom is -0.354 e. The zero-order valence-corrected chi connectivity index (χ0v) is 6.18. The Hall–Kier alpha value is -1.45. The predicted octanol–water partition coefficient (Wildman–Crippen LogP) is 0.908. The molecule has 4 heteroatoms. The molecule has 11 heavy (non-hydrogen) atoms. The Balaban J connectivity index is 2.69. The maximum Gasteiger partial charge on any atom is 0.267 e. The standard InChI is InChI=1S/C7H9N2O2/c1-2-8-7(11)6-3-5(10)4-9-6/h3-4,9H,2H2,1H3,(H,8,11). The second-order valence-corrected chi connectivity index (χ2v) is 2.11. The van der Waals surface area contributed by atoms with Crippen molar-refractivity contribution in [3.63, 3.8) is 0 Å². The van der Waals surface area contributed by atoms with Gasteiger partial charge in [-0.3, -0.25) is 9.90 Å². The Morgan fingerprint density at radius 2 is 2.45 bits per heavy atom. The summed E-state index contributed by atoms with van der Waals surface area (Å²) in [5.41, 5.74) is 0.317. The van der Waals surface area contributed by atoms with Crippen molar-refractivity contribution in [3.8, 4) is 5.75 Å². The van der Waals surface area contributed by atoms with Gasteiger partial charge < -0.3 is 10.3 Å². The van der Waals surface area contributed by atoms with Crippen LogP contribution in [0.4, 0.5) is 0 Å². The highest BCUT2D eigenvalue weighted by Gasteiger charge is 2.06. The quantitative estimate of drug-likeness (QED) is 0.651. The highest BCUT2D eigenvalue weighted by molar-refractivity contribution is 5.92. The molecule has 0 aromatic carbocycles. The largest absolute Gasteiger partial charge is 0.354 e. The van der Waals surface area contributed by atoms with Gasteiger partial charge in [0.25, 0.3) is 5.91 Å². The minimum atomic E-state index is -0.241. The van der Waals surface area contributed by atoms with Crippen molar-refractivity contribution in [3.05, 3.63) is 18.0 Å². The monoisotopic (exact) mass is 153 g/mol. The molecular weight excluding hydrogens is 144 g/mol. The van der Waals surface area contributed by atoms with Crippen molar-refractivity contribution >= 4 is 5.91 Å². The first kappa shape index (κ1) is 7.65. The molecule has 2 N–H and O–H groups in total. The van der Waals surface area contributed by atoms with Crippen LogP contribution in [-0.2, 0) is 5.11 Å². The lowest BCUT2D eigenvalue weighted by Gasteiger charge is -1.96. The average Bonchev–Trinajstić information content (AvgIpc) is 2.36. The zero-order valence-electron chi connectivity index (χ0n) is 6.18. The number of hydrogen-bond donors (Lipinski definition) is 2. The molecule has 1 amide bonds. The zero-order chi connectivity index (χ0) is 8.27. The van der Waals surface area contributed by atoms with E-state index in [4.69, 9.17) is 0 Å². The maximum atomic E-state index is 11.0. The SMILES string of the molecule is CCNC(=O)c1cc([O])c[nH]1. The molecule has 1 rings (SSSR count). The van der Waals surface area contributed by atoms with E-state index in [1.807, 2.05) is 6.92 Å². The Kier molecular flexibility index (Phi) is 2.15. The number of amides is 1. The minimum absolute atomic E-state index is 0.175. The number of carbonyl (C=O) groups excluding carboxylic acids is 1. The molecule has 1 aromatic heterocycles. The van der Waals surface area contributed by atoms with E-state index < -0.39 is 0 Å². The molecular formula is C7H9N2O2. The van der Waals surface area contributed by atoms with Crippen LogP contribution in [0.1, 0.15) is 17.4 Å². The van der Waals surface area contributed by atoms with Crippen LogP contribution in [0.15, 0.2) is 12.3 Å². The fourth-order valence-electron chi connectivity index (χ4n) is 0.761. The number of nitrogens with one attached hydrogen (secondary N) is 2. The summed E-state index contributed by atoms with van der Waals surface area (Å²) in [7, 11) is 0. The van der Waals surface area contributed by atoms with Crippen molar-refractivity contribution in [2.75, 3.05) is 6.54 Å². The molecule has 4 nitrogen and oxygen atoms in total. The fraction of sp³-hybridized carbons (Fsp3) is 0.286. The van der Waals surface area contributed by atoms with E-state index in [-0.39, 0.29) is 11.7 Å². The molecule has 0 unspecified atom stereocenters. The van der Waals surface area contributed by atoms with E-state index in [9.17, 15) is 9.90 Å². The number of H-pyrrole nitrogens is 1. The van der Waals surface area contributed by atoms with Crippen LogP contribution in [0, 0.1) is 0 Å². The molecule has 0 aliphatic rings. The van der Waals surface area contributed by atoms with Crippen molar-refractivity contribution in [2.45, 2.75) is 6.92 Å². The van der Waals surface area contributed by atoms with E-state index >= 15 is 0 Å². The first-order valence-electron chi connectivity index (χ1n) is 3.37. The lowest BCUT2D eigenvalue weighted by Crippen LogP contribution is -2.22. The molecule has 0 saturated carbocycles. The van der Waals surface area contributed by atoms with E-state index in [0.717, 1.165) is 0 Å². The molecule has 0 aliphatic heterocycles. The highest BCUT2D eigenvalue weighted by Crippen LogP contribution is 2.09. The van der Waals surface area contributed by atoms with Gasteiger partial charge in [-0.2, -0.15) is 0 Å². The topological polar surface area (TPSA) is 64.8 Å². The van der Waals surface area contributed by atoms with Gasteiger partial charge in [-0.15, -0.1) is 0 Å². The molecule has 1 heterocycles. The van der Waals surface area contributed by atoms with Gasteiger partial charge in [0.2, 0.25) is 0 Å². The molecule has 0 fully saturated rings. The smallest absolute Gasteiger partial charge is 0.267 e. The van der Waals surface area contributed by atoms with Gasteiger partial charge >= 0.3 is 0 Å². The molecule has 0 bridgehead atoms. The van der Waals surface area contributed by atoms with E-state index in [1.165, 1.54) is 12.3 Å². The van der Waals surface area contributed by atoms with E-state index in [0.29, 0.717) is 12.2 Å². The Morgan fingerprint density at radius 1 is 1.73 bits per heavy atom. The lowest BCUT2D eigenvalue weighted by atomic mass is 10.4. The summed E-state index contributed by atoms with van der Waals surface area (Å²) < 4.78 is 0. The molecule has 59 valence electrons. The van der Waals surface area contributed by atoms with Gasteiger partial charge in [-0.25, -0.2) is 0 Å². The summed E-state index contributed by atoms with van der Waals surface area (Å²) >= 11 is 0. The van der Waals surface area contributed by atoms with Crippen molar-refractivity contribution in [2.24, 2.45) is 0 Å². The Bertz CT molecular complexity index is 255. The molecule has 0 saturated heterocycles. The summed E-state index contributed by atoms with van der Waals surface area (Å²) in [6, 6.07) is 1.27. The number of aromatic amines is 1. The van der Waals surface area contributed by atoms with Crippen LogP contribution in [0.2, 0.25) is 0 Å². The lowest BCUT2D eigenvalue weighted by molar-refractivity contribution is 0.0951. The number of hydrogen-bond acceptors (Lipinski definition) is 1. The second-order valence-electron chi connectivity index (χ2n) is 2.11. The fourth-order valence-corrected chi connectivity index (χ4v) is 0.761. The molecule has 0 aliphatic carbocycles. The summed E-state index contributed by atoms with van der Waals surface area (Å²) in [6.07, 6.45) is 1.25. The van der Waals surface area contributed by atoms with Gasteiger partial charge in [-0.05, 0) is 6.92 Å². The Morgan fingerprint density at radius 3 is 2.91 bits per heavy atom. The Labute approximate surface area is 64.2 Å². The first-order chi connectivity index (χ1) is 5.24. The van der Waals surface area contributed by atoms with Crippen LogP contribution in [0.5, 0.6) is 5.75 Å². The van der Waals surface area contributed by atoms with Gasteiger partial charge in [0.15, 0.2) is 5.75 Å². The molecule has 0 spiro atoms. The molecule has 1 aromatic rings. The van der Waals surface area contributed by atoms with E-state index in [1.54, 1.807) is 0 Å². The number of carbonyl (C=O) groups is 1. The van der Waals surface area contributed by atoms with Crippen molar-refractivity contribution in [1.82, 2.24) is 10.3 Å². The van der Waals surface area contributed by atoms with Gasteiger partial charge in [0, 0.05) is 18.8 Å². The van der Waals surface area contributed by atoms with Crippen molar-refractivity contribution in [1.29, 1.82) is 0 Å². The summed E-state index contributed by atoms with van der Waals surface area (Å²) in [5.74, 6) is -0.416. The van der Waals surface area contributed by atoms with Gasteiger partial charge in [0.05, 0.1) is 0 Å².